The molecule has 24 heavy (non-hydrogen) atoms. The van der Waals surface area contributed by atoms with Crippen molar-refractivity contribution in [2.45, 2.75) is 19.0 Å². The van der Waals surface area contributed by atoms with E-state index in [-0.39, 0.29) is 12.3 Å². The van der Waals surface area contributed by atoms with Crippen LogP contribution in [0, 0.1) is 0 Å². The van der Waals surface area contributed by atoms with Crippen LogP contribution in [-0.2, 0) is 11.3 Å². The molecule has 2 aromatic rings. The van der Waals surface area contributed by atoms with Crippen LogP contribution >= 0.6 is 34.5 Å². The zero-order chi connectivity index (χ0) is 17.7. The first-order valence-electron chi connectivity index (χ1n) is 7.14. The lowest BCUT2D eigenvalue weighted by molar-refractivity contribution is -0.130. The number of amides is 3. The summed E-state index contributed by atoms with van der Waals surface area (Å²) >= 11 is 13.5. The van der Waals surface area contributed by atoms with E-state index < -0.39 is 12.1 Å². The Morgan fingerprint density at radius 3 is 2.67 bits per heavy atom. The van der Waals surface area contributed by atoms with E-state index in [1.165, 1.54) is 11.3 Å². The zero-order valence-corrected chi connectivity index (χ0v) is 15.3. The van der Waals surface area contributed by atoms with Crippen LogP contribution in [0.15, 0.2) is 35.7 Å². The van der Waals surface area contributed by atoms with Crippen molar-refractivity contribution in [3.05, 3.63) is 56.2 Å². The maximum Gasteiger partial charge on any atom is 0.312 e. The van der Waals surface area contributed by atoms with Gasteiger partial charge in [-0.1, -0.05) is 35.3 Å². The van der Waals surface area contributed by atoms with Gasteiger partial charge in [0.25, 0.3) is 0 Å². The van der Waals surface area contributed by atoms with Gasteiger partial charge >= 0.3 is 6.03 Å². The van der Waals surface area contributed by atoms with Gasteiger partial charge in [-0.2, -0.15) is 0 Å². The second kappa shape index (κ2) is 8.37. The largest absolute Gasteiger partial charge is 0.352 e. The molecule has 1 aromatic heterocycles. The van der Waals surface area contributed by atoms with E-state index in [9.17, 15) is 9.59 Å². The number of hydrogen-bond acceptors (Lipinski definition) is 3. The van der Waals surface area contributed by atoms with Crippen molar-refractivity contribution in [2.75, 3.05) is 7.05 Å². The van der Waals surface area contributed by atoms with Gasteiger partial charge in [-0.3, -0.25) is 4.79 Å². The molecular formula is C16H17Cl2N3O2S. The Labute approximate surface area is 154 Å². The lowest BCUT2D eigenvalue weighted by Gasteiger charge is -2.22. The molecule has 0 saturated heterocycles. The number of primary amides is 1. The number of rotatable bonds is 6. The first kappa shape index (κ1) is 18.6. The molecule has 0 spiro atoms. The third-order valence-corrected chi connectivity index (χ3v) is 5.00. The molecule has 3 N–H and O–H groups in total. The van der Waals surface area contributed by atoms with Crippen LogP contribution < -0.4 is 11.1 Å². The van der Waals surface area contributed by atoms with E-state index in [2.05, 4.69) is 5.32 Å². The number of thiophene rings is 1. The Morgan fingerprint density at radius 1 is 1.33 bits per heavy atom. The van der Waals surface area contributed by atoms with Crippen LogP contribution in [-0.4, -0.2) is 23.9 Å². The smallest absolute Gasteiger partial charge is 0.312 e. The lowest BCUT2D eigenvalue weighted by Crippen LogP contribution is -2.36. The van der Waals surface area contributed by atoms with Gasteiger partial charge in [-0.25, -0.2) is 4.79 Å². The number of nitrogens with one attached hydrogen (secondary N) is 1. The van der Waals surface area contributed by atoms with Crippen molar-refractivity contribution in [1.29, 1.82) is 0 Å². The molecule has 0 aliphatic heterocycles. The quantitative estimate of drug-likeness (QED) is 0.792. The molecule has 1 heterocycles. The van der Waals surface area contributed by atoms with Crippen LogP contribution in [0.3, 0.4) is 0 Å². The summed E-state index contributed by atoms with van der Waals surface area (Å²) in [5.74, 6) is -0.131. The number of urea groups is 1. The van der Waals surface area contributed by atoms with Gasteiger partial charge in [-0.05, 0) is 29.1 Å². The molecule has 1 atom stereocenters. The lowest BCUT2D eigenvalue weighted by atomic mass is 10.1. The summed E-state index contributed by atoms with van der Waals surface area (Å²) in [5, 5.41) is 5.54. The molecule has 0 fully saturated rings. The number of nitrogens with two attached hydrogens (primary N) is 1. The molecule has 8 heteroatoms. The first-order chi connectivity index (χ1) is 11.4. The molecule has 0 radical (unpaired) electrons. The Morgan fingerprint density at radius 2 is 2.08 bits per heavy atom. The van der Waals surface area contributed by atoms with E-state index in [0.29, 0.717) is 16.6 Å². The van der Waals surface area contributed by atoms with E-state index >= 15 is 0 Å². The summed E-state index contributed by atoms with van der Waals surface area (Å²) in [7, 11) is 1.68. The highest BCUT2D eigenvalue weighted by Gasteiger charge is 2.21. The predicted molar refractivity (Wildman–Crippen MR) is 97.3 cm³/mol. The average Bonchev–Trinajstić information content (AvgIpc) is 3.03. The van der Waals surface area contributed by atoms with Gasteiger partial charge in [0.05, 0.1) is 12.5 Å². The monoisotopic (exact) mass is 385 g/mol. The molecule has 0 aliphatic rings. The first-order valence-corrected chi connectivity index (χ1v) is 8.77. The molecule has 0 saturated carbocycles. The highest BCUT2D eigenvalue weighted by Crippen LogP contribution is 2.25. The number of hydrogen-bond donors (Lipinski definition) is 2. The normalized spacial score (nSPS) is 11.8. The molecule has 0 unspecified atom stereocenters. The zero-order valence-electron chi connectivity index (χ0n) is 13.0. The van der Waals surface area contributed by atoms with Crippen molar-refractivity contribution in [2.24, 2.45) is 5.73 Å². The van der Waals surface area contributed by atoms with Crippen molar-refractivity contribution >= 4 is 46.5 Å². The summed E-state index contributed by atoms with van der Waals surface area (Å²) in [6.45, 7) is 0.350. The minimum absolute atomic E-state index is 0.116. The number of nitrogens with zero attached hydrogens (tertiary/aromatic N) is 1. The minimum atomic E-state index is -0.662. The summed E-state index contributed by atoms with van der Waals surface area (Å²) in [6, 6.07) is 7.76. The average molecular weight is 386 g/mol. The standard InChI is InChI=1S/C16H17Cl2N3O2S/c1-21(9-10-4-5-11(17)7-12(10)18)15(22)8-13(20-16(19)23)14-3-2-6-24-14/h2-7,13H,8-9H2,1H3,(H3,19,20,23)/t13-/m0/s1. The Kier molecular flexibility index (Phi) is 6.48. The predicted octanol–water partition coefficient (Wildman–Crippen LogP) is 3.81. The number of halogens is 2. The fourth-order valence-corrected chi connectivity index (χ4v) is 3.45. The third kappa shape index (κ3) is 5.12. The van der Waals surface area contributed by atoms with Crippen molar-refractivity contribution in [3.8, 4) is 0 Å². The van der Waals surface area contributed by atoms with Gasteiger partial charge in [0.2, 0.25) is 5.91 Å². The van der Waals surface area contributed by atoms with Crippen LogP contribution in [0.5, 0.6) is 0 Å². The molecule has 0 aliphatic carbocycles. The van der Waals surface area contributed by atoms with Crippen LogP contribution in [0.1, 0.15) is 22.9 Å². The second-order valence-electron chi connectivity index (χ2n) is 5.27. The summed E-state index contributed by atoms with van der Waals surface area (Å²) in [5.41, 5.74) is 6.01. The number of carbonyl (C=O) groups excluding carboxylic acids is 2. The van der Waals surface area contributed by atoms with Gasteiger partial charge in [0.1, 0.15) is 0 Å². The fraction of sp³-hybridized carbons (Fsp3) is 0.250. The van der Waals surface area contributed by atoms with Gasteiger partial charge < -0.3 is 16.0 Å². The maximum absolute atomic E-state index is 12.5. The van der Waals surface area contributed by atoms with Gasteiger partial charge in [-0.15, -0.1) is 11.3 Å². The SMILES string of the molecule is CN(Cc1ccc(Cl)cc1Cl)C(=O)C[C@H](NC(N)=O)c1cccs1. The van der Waals surface area contributed by atoms with E-state index in [1.807, 2.05) is 17.5 Å². The molecule has 128 valence electrons. The maximum atomic E-state index is 12.5. The molecule has 1 aromatic carbocycles. The second-order valence-corrected chi connectivity index (χ2v) is 7.09. The topological polar surface area (TPSA) is 75.4 Å². The fourth-order valence-electron chi connectivity index (χ4n) is 2.21. The minimum Gasteiger partial charge on any atom is -0.352 e. The van der Waals surface area contributed by atoms with Crippen molar-refractivity contribution in [3.63, 3.8) is 0 Å². The van der Waals surface area contributed by atoms with E-state index in [4.69, 9.17) is 28.9 Å². The van der Waals surface area contributed by atoms with Crippen LogP contribution in [0.4, 0.5) is 4.79 Å². The highest BCUT2D eigenvalue weighted by molar-refractivity contribution is 7.10. The molecule has 3 amide bonds. The van der Waals surface area contributed by atoms with Crippen LogP contribution in [0.2, 0.25) is 10.0 Å². The van der Waals surface area contributed by atoms with Crippen LogP contribution in [0.25, 0.3) is 0 Å². The molecule has 0 bridgehead atoms. The summed E-state index contributed by atoms with van der Waals surface area (Å²) < 4.78 is 0. The van der Waals surface area contributed by atoms with Crippen molar-refractivity contribution < 1.29 is 9.59 Å². The molecule has 5 nitrogen and oxygen atoms in total. The van der Waals surface area contributed by atoms with Crippen molar-refractivity contribution in [1.82, 2.24) is 10.2 Å². The summed E-state index contributed by atoms with van der Waals surface area (Å²) in [6.07, 6.45) is 0.116. The highest BCUT2D eigenvalue weighted by atomic mass is 35.5. The van der Waals surface area contributed by atoms with Gasteiger partial charge in [0.15, 0.2) is 0 Å². The third-order valence-electron chi connectivity index (χ3n) is 3.43. The Bertz CT molecular complexity index is 722. The van der Waals surface area contributed by atoms with E-state index in [0.717, 1.165) is 10.4 Å². The van der Waals surface area contributed by atoms with Gasteiger partial charge in [0, 0.05) is 28.5 Å². The Hall–Kier alpha value is -1.76. The number of benzene rings is 1. The Balaban J connectivity index is 2.04. The number of carbonyl (C=O) groups is 2. The summed E-state index contributed by atoms with van der Waals surface area (Å²) in [4.78, 5) is 26.1. The molecule has 2 rings (SSSR count). The molecular weight excluding hydrogens is 369 g/mol. The van der Waals surface area contributed by atoms with E-state index in [1.54, 1.807) is 30.1 Å².